The molecular formula is C16H23N. The van der Waals surface area contributed by atoms with Gasteiger partial charge in [-0.3, -0.25) is 0 Å². The van der Waals surface area contributed by atoms with E-state index in [4.69, 9.17) is 0 Å². The topological polar surface area (TPSA) is 12.0 Å². The molecule has 0 fully saturated rings. The van der Waals surface area contributed by atoms with Crippen LogP contribution in [0.5, 0.6) is 0 Å². The van der Waals surface area contributed by atoms with Gasteiger partial charge in [0.05, 0.1) is 0 Å². The van der Waals surface area contributed by atoms with Crippen molar-refractivity contribution in [2.24, 2.45) is 0 Å². The summed E-state index contributed by atoms with van der Waals surface area (Å²) in [6, 6.07) is 11.7. The Labute approximate surface area is 105 Å². The van der Waals surface area contributed by atoms with E-state index in [9.17, 15) is 0 Å². The van der Waals surface area contributed by atoms with Gasteiger partial charge in [-0.1, -0.05) is 55.3 Å². The van der Waals surface area contributed by atoms with Gasteiger partial charge in [0.25, 0.3) is 0 Å². The molecule has 1 unspecified atom stereocenters. The zero-order valence-corrected chi connectivity index (χ0v) is 10.7. The Bertz CT molecular complexity index is 342. The van der Waals surface area contributed by atoms with Crippen molar-refractivity contribution in [1.29, 1.82) is 0 Å². The van der Waals surface area contributed by atoms with Crippen LogP contribution in [0, 0.1) is 0 Å². The highest BCUT2D eigenvalue weighted by molar-refractivity contribution is 5.18. The molecule has 0 aromatic heterocycles. The Balaban J connectivity index is 1.93. The van der Waals surface area contributed by atoms with Crippen molar-refractivity contribution in [2.75, 3.05) is 0 Å². The number of allylic oxidation sites excluding steroid dienone is 1. The second kappa shape index (κ2) is 6.61. The highest BCUT2D eigenvalue weighted by Crippen LogP contribution is 2.17. The van der Waals surface area contributed by atoms with Gasteiger partial charge in [0.2, 0.25) is 0 Å². The Kier molecular flexibility index (Phi) is 4.81. The molecule has 1 aliphatic rings. The number of hydrogen-bond donors (Lipinski definition) is 1. The Morgan fingerprint density at radius 3 is 2.76 bits per heavy atom. The fourth-order valence-corrected chi connectivity index (χ4v) is 2.46. The molecule has 1 aromatic carbocycles. The van der Waals surface area contributed by atoms with E-state index in [-0.39, 0.29) is 0 Å². The van der Waals surface area contributed by atoms with E-state index in [1.807, 2.05) is 0 Å². The Morgan fingerprint density at radius 1 is 1.12 bits per heavy atom. The van der Waals surface area contributed by atoms with Gasteiger partial charge in [0.15, 0.2) is 0 Å². The molecule has 0 aliphatic heterocycles. The molecule has 0 amide bonds. The lowest BCUT2D eigenvalue weighted by Crippen LogP contribution is -2.30. The van der Waals surface area contributed by atoms with Crippen molar-refractivity contribution in [3.63, 3.8) is 0 Å². The van der Waals surface area contributed by atoms with E-state index >= 15 is 0 Å². The van der Waals surface area contributed by atoms with Crippen LogP contribution in [0.3, 0.4) is 0 Å². The van der Waals surface area contributed by atoms with Crippen molar-refractivity contribution < 1.29 is 0 Å². The van der Waals surface area contributed by atoms with E-state index in [2.05, 4.69) is 54.7 Å². The third kappa shape index (κ3) is 4.01. The molecule has 1 aliphatic carbocycles. The normalized spacial score (nSPS) is 24.6. The molecule has 2 atom stereocenters. The van der Waals surface area contributed by atoms with Gasteiger partial charge in [0.1, 0.15) is 0 Å². The molecule has 0 saturated heterocycles. The van der Waals surface area contributed by atoms with Crippen molar-refractivity contribution in [3.05, 3.63) is 48.0 Å². The molecule has 92 valence electrons. The minimum Gasteiger partial charge on any atom is -0.304 e. The van der Waals surface area contributed by atoms with Crippen LogP contribution in [-0.2, 0) is 0 Å². The average molecular weight is 229 g/mol. The van der Waals surface area contributed by atoms with E-state index in [0.29, 0.717) is 12.1 Å². The monoisotopic (exact) mass is 229 g/mol. The zero-order chi connectivity index (χ0) is 11.9. The van der Waals surface area contributed by atoms with Crippen molar-refractivity contribution in [1.82, 2.24) is 5.32 Å². The maximum Gasteiger partial charge on any atom is 0.0297 e. The van der Waals surface area contributed by atoms with Gasteiger partial charge in [-0.15, -0.1) is 0 Å². The van der Waals surface area contributed by atoms with Gasteiger partial charge in [0, 0.05) is 12.1 Å². The SMILES string of the molecule is C[C@@H](NC1/C=C/CCCCC1)c1ccccc1. The summed E-state index contributed by atoms with van der Waals surface area (Å²) in [6.07, 6.45) is 11.3. The molecule has 17 heavy (non-hydrogen) atoms. The third-order valence-electron chi connectivity index (χ3n) is 3.52. The van der Waals surface area contributed by atoms with E-state index in [1.165, 1.54) is 37.7 Å². The first kappa shape index (κ1) is 12.4. The van der Waals surface area contributed by atoms with Gasteiger partial charge in [-0.05, 0) is 31.7 Å². The standard InChI is InChI=1S/C16H23N/c1-14(15-10-6-5-7-11-15)17-16-12-8-3-2-4-9-13-16/h5-8,10-12,14,16-17H,2-4,9,13H2,1H3/b12-8+/t14-,16?/m1/s1. The number of nitrogens with one attached hydrogen (secondary N) is 1. The summed E-state index contributed by atoms with van der Waals surface area (Å²) in [7, 11) is 0. The summed E-state index contributed by atoms with van der Waals surface area (Å²) in [5, 5.41) is 3.72. The van der Waals surface area contributed by atoms with Gasteiger partial charge >= 0.3 is 0 Å². The summed E-state index contributed by atoms with van der Waals surface area (Å²) in [6.45, 7) is 2.25. The lowest BCUT2D eigenvalue weighted by Gasteiger charge is -2.22. The molecule has 1 nitrogen and oxygen atoms in total. The van der Waals surface area contributed by atoms with E-state index < -0.39 is 0 Å². The minimum absolute atomic E-state index is 0.435. The van der Waals surface area contributed by atoms with Crippen LogP contribution in [0.15, 0.2) is 42.5 Å². The summed E-state index contributed by atoms with van der Waals surface area (Å²) >= 11 is 0. The van der Waals surface area contributed by atoms with Gasteiger partial charge < -0.3 is 5.32 Å². The Hall–Kier alpha value is -1.08. The Morgan fingerprint density at radius 2 is 1.94 bits per heavy atom. The maximum absolute atomic E-state index is 3.72. The lowest BCUT2D eigenvalue weighted by molar-refractivity contribution is 0.462. The van der Waals surface area contributed by atoms with Crippen LogP contribution >= 0.6 is 0 Å². The molecule has 0 spiro atoms. The molecule has 0 saturated carbocycles. The molecule has 0 heterocycles. The predicted octanol–water partition coefficient (Wildman–Crippen LogP) is 4.23. The van der Waals surface area contributed by atoms with Crippen LogP contribution in [-0.4, -0.2) is 6.04 Å². The van der Waals surface area contributed by atoms with Crippen molar-refractivity contribution >= 4 is 0 Å². The first-order valence-electron chi connectivity index (χ1n) is 6.84. The first-order chi connectivity index (χ1) is 8.36. The number of hydrogen-bond acceptors (Lipinski definition) is 1. The summed E-state index contributed by atoms with van der Waals surface area (Å²) in [5.74, 6) is 0. The van der Waals surface area contributed by atoms with Gasteiger partial charge in [-0.2, -0.15) is 0 Å². The van der Waals surface area contributed by atoms with Crippen molar-refractivity contribution in [3.8, 4) is 0 Å². The molecule has 0 radical (unpaired) electrons. The summed E-state index contributed by atoms with van der Waals surface area (Å²) in [5.41, 5.74) is 1.38. The van der Waals surface area contributed by atoms with Crippen LogP contribution in [0.1, 0.15) is 50.6 Å². The molecule has 1 aromatic rings. The smallest absolute Gasteiger partial charge is 0.0297 e. The second-order valence-electron chi connectivity index (χ2n) is 4.97. The molecule has 1 N–H and O–H groups in total. The van der Waals surface area contributed by atoms with E-state index in [0.717, 1.165) is 0 Å². The second-order valence-corrected chi connectivity index (χ2v) is 4.97. The third-order valence-corrected chi connectivity index (χ3v) is 3.52. The molecule has 2 rings (SSSR count). The number of rotatable bonds is 3. The fourth-order valence-electron chi connectivity index (χ4n) is 2.46. The number of benzene rings is 1. The first-order valence-corrected chi connectivity index (χ1v) is 6.84. The fraction of sp³-hybridized carbons (Fsp3) is 0.500. The minimum atomic E-state index is 0.435. The summed E-state index contributed by atoms with van der Waals surface area (Å²) < 4.78 is 0. The molecular weight excluding hydrogens is 206 g/mol. The maximum atomic E-state index is 3.72. The highest BCUT2D eigenvalue weighted by atomic mass is 14.9. The highest BCUT2D eigenvalue weighted by Gasteiger charge is 2.11. The van der Waals surface area contributed by atoms with Crippen LogP contribution in [0.4, 0.5) is 0 Å². The van der Waals surface area contributed by atoms with Crippen LogP contribution in [0.25, 0.3) is 0 Å². The largest absolute Gasteiger partial charge is 0.304 e. The zero-order valence-electron chi connectivity index (χ0n) is 10.7. The quantitative estimate of drug-likeness (QED) is 0.765. The molecule has 1 heteroatoms. The van der Waals surface area contributed by atoms with Crippen LogP contribution < -0.4 is 5.32 Å². The molecule has 0 bridgehead atoms. The summed E-state index contributed by atoms with van der Waals surface area (Å²) in [4.78, 5) is 0. The lowest BCUT2D eigenvalue weighted by atomic mass is 10.0. The predicted molar refractivity (Wildman–Crippen MR) is 74.0 cm³/mol. The van der Waals surface area contributed by atoms with Crippen molar-refractivity contribution in [2.45, 2.75) is 51.1 Å². The van der Waals surface area contributed by atoms with Crippen LogP contribution in [0.2, 0.25) is 0 Å². The van der Waals surface area contributed by atoms with Gasteiger partial charge in [-0.25, -0.2) is 0 Å². The average Bonchev–Trinajstić information content (AvgIpc) is 2.33. The van der Waals surface area contributed by atoms with E-state index in [1.54, 1.807) is 0 Å².